The number of anilines is 3. The van der Waals surface area contributed by atoms with Crippen molar-refractivity contribution in [3.8, 4) is 22.8 Å². The Morgan fingerprint density at radius 1 is 0.872 bits per heavy atom. The molecule has 11 heteroatoms. The summed E-state index contributed by atoms with van der Waals surface area (Å²) >= 11 is 0. The molecule has 3 saturated heterocycles. The molecule has 1 amide bonds. The van der Waals surface area contributed by atoms with Gasteiger partial charge in [0, 0.05) is 56.9 Å². The largest absolute Gasteiger partial charge is 0.507 e. The van der Waals surface area contributed by atoms with Crippen LogP contribution in [-0.2, 0) is 6.42 Å². The summed E-state index contributed by atoms with van der Waals surface area (Å²) < 4.78 is 6.46. The minimum atomic E-state index is -0.857. The van der Waals surface area contributed by atoms with Crippen molar-refractivity contribution in [1.29, 1.82) is 0 Å². The second kappa shape index (κ2) is 13.4. The summed E-state index contributed by atoms with van der Waals surface area (Å²) in [6.45, 7) is 4.68. The molecule has 2 bridgehead atoms. The van der Waals surface area contributed by atoms with E-state index in [0.29, 0.717) is 49.7 Å². The van der Waals surface area contributed by atoms with Gasteiger partial charge in [-0.25, -0.2) is 4.79 Å². The van der Waals surface area contributed by atoms with Crippen LogP contribution in [-0.4, -0.2) is 100 Å². The molecule has 3 aliphatic heterocycles. The molecule has 3 aromatic carbocycles. The van der Waals surface area contributed by atoms with Crippen LogP contribution in [0.15, 0.2) is 84.9 Å². The number of benzene rings is 3. The molecule has 4 N–H and O–H groups in total. The van der Waals surface area contributed by atoms with E-state index in [1.807, 2.05) is 48.5 Å². The van der Waals surface area contributed by atoms with Crippen molar-refractivity contribution in [3.63, 3.8) is 0 Å². The molecule has 1 aromatic heterocycles. The number of phenols is 1. The van der Waals surface area contributed by atoms with Gasteiger partial charge in [0.1, 0.15) is 18.1 Å². The number of amides is 1. The van der Waals surface area contributed by atoms with Gasteiger partial charge >= 0.3 is 6.09 Å². The van der Waals surface area contributed by atoms with Crippen molar-refractivity contribution < 1.29 is 19.7 Å². The van der Waals surface area contributed by atoms with E-state index in [1.165, 1.54) is 0 Å². The summed E-state index contributed by atoms with van der Waals surface area (Å²) in [6.07, 6.45) is 1.97. The predicted molar refractivity (Wildman–Crippen MR) is 182 cm³/mol. The number of phenolic OH excluding ortho intramolecular Hbond substituents is 1. The lowest BCUT2D eigenvalue weighted by atomic mass is 10.0. The molecule has 3 aliphatic rings. The maximum atomic E-state index is 12.0. The third-order valence-corrected chi connectivity index (χ3v) is 9.74. The third kappa shape index (κ3) is 6.48. The number of carboxylic acid groups (broad SMARTS) is 1. The van der Waals surface area contributed by atoms with Gasteiger partial charge in [-0.3, -0.25) is 4.90 Å². The quantitative estimate of drug-likeness (QED) is 0.240. The monoisotopic (exact) mass is 635 g/mol. The lowest BCUT2D eigenvalue weighted by Gasteiger charge is -2.44. The van der Waals surface area contributed by atoms with Crippen LogP contribution in [0.5, 0.6) is 11.5 Å². The lowest BCUT2D eigenvalue weighted by molar-refractivity contribution is 0.0618. The number of hydrogen-bond donors (Lipinski definition) is 3. The normalized spacial score (nSPS) is 21.2. The molecule has 0 spiro atoms. The van der Waals surface area contributed by atoms with Crippen molar-refractivity contribution >= 4 is 23.3 Å². The Kier molecular flexibility index (Phi) is 8.71. The standard InChI is InChI=1S/C36H41N7O4/c37-35-32(21-30(38-39-35)29-10-4-6-12-33(29)44)41-23-26-14-15-27(24-41)43(26)31-11-5-7-13-34(31)47-19-18-40-16-17-42(36(45)46)28(22-40)20-25-8-2-1-3-9-25/h1-13,21,26-28,44H,14-20,22-24H2,(H2,37,39)(H,45,46). The molecule has 0 radical (unpaired) electrons. The van der Waals surface area contributed by atoms with Gasteiger partial charge < -0.3 is 35.4 Å². The summed E-state index contributed by atoms with van der Waals surface area (Å²) in [7, 11) is 0. The molecule has 0 aliphatic carbocycles. The van der Waals surface area contributed by atoms with Gasteiger partial charge in [-0.2, -0.15) is 0 Å². The summed E-state index contributed by atoms with van der Waals surface area (Å²) in [5.41, 5.74) is 10.7. The number of para-hydroxylation sites is 3. The SMILES string of the molecule is Nc1nnc(-c2ccccc2O)cc1N1CC2CCC(C1)N2c1ccccc1OCCN1CCN(C(=O)O)C(Cc2ccccc2)C1. The van der Waals surface area contributed by atoms with Gasteiger partial charge in [-0.05, 0) is 55.2 Å². The lowest BCUT2D eigenvalue weighted by Crippen LogP contribution is -2.56. The molecule has 244 valence electrons. The Morgan fingerprint density at radius 2 is 1.60 bits per heavy atom. The maximum Gasteiger partial charge on any atom is 0.407 e. The number of nitrogens with zero attached hydrogens (tertiary/aromatic N) is 6. The molecular weight excluding hydrogens is 594 g/mol. The minimum Gasteiger partial charge on any atom is -0.507 e. The van der Waals surface area contributed by atoms with Crippen LogP contribution in [0.3, 0.4) is 0 Å². The van der Waals surface area contributed by atoms with Crippen molar-refractivity contribution in [1.82, 2.24) is 20.0 Å². The topological polar surface area (TPSA) is 132 Å². The number of nitrogens with two attached hydrogens (primary N) is 1. The van der Waals surface area contributed by atoms with Crippen molar-refractivity contribution in [3.05, 3.63) is 90.5 Å². The molecule has 4 heterocycles. The first-order valence-electron chi connectivity index (χ1n) is 16.4. The number of nitrogen functional groups attached to an aromatic ring is 1. The Balaban J connectivity index is 1.01. The van der Waals surface area contributed by atoms with Gasteiger partial charge in [0.25, 0.3) is 0 Å². The number of piperazine rings is 2. The zero-order valence-corrected chi connectivity index (χ0v) is 26.4. The fourth-order valence-corrected chi connectivity index (χ4v) is 7.47. The Morgan fingerprint density at radius 3 is 2.36 bits per heavy atom. The summed E-state index contributed by atoms with van der Waals surface area (Å²) in [5, 5.41) is 28.7. The fraction of sp³-hybridized carbons (Fsp3) is 0.361. The highest BCUT2D eigenvalue weighted by molar-refractivity contribution is 5.75. The molecule has 0 saturated carbocycles. The van der Waals surface area contributed by atoms with Crippen molar-refractivity contribution in [2.24, 2.45) is 0 Å². The number of fused-ring (bicyclic) bond motifs is 2. The summed E-state index contributed by atoms with van der Waals surface area (Å²) in [6, 6.07) is 27.9. The first kappa shape index (κ1) is 30.6. The second-order valence-corrected chi connectivity index (χ2v) is 12.7. The number of rotatable bonds is 9. The van der Waals surface area contributed by atoms with Crippen LogP contribution >= 0.6 is 0 Å². The second-order valence-electron chi connectivity index (χ2n) is 12.7. The highest BCUT2D eigenvalue weighted by Gasteiger charge is 2.42. The van der Waals surface area contributed by atoms with Crippen molar-refractivity contribution in [2.45, 2.75) is 37.4 Å². The third-order valence-electron chi connectivity index (χ3n) is 9.74. The van der Waals surface area contributed by atoms with E-state index in [1.54, 1.807) is 17.0 Å². The van der Waals surface area contributed by atoms with Gasteiger partial charge in [0.2, 0.25) is 0 Å². The van der Waals surface area contributed by atoms with Crippen LogP contribution in [0.2, 0.25) is 0 Å². The van der Waals surface area contributed by atoms with E-state index < -0.39 is 6.09 Å². The smallest absolute Gasteiger partial charge is 0.407 e. The Labute approximate surface area is 274 Å². The minimum absolute atomic E-state index is 0.0954. The van der Waals surface area contributed by atoms with Crippen molar-refractivity contribution in [2.75, 3.05) is 61.4 Å². The molecule has 47 heavy (non-hydrogen) atoms. The summed E-state index contributed by atoms with van der Waals surface area (Å²) in [5.74, 6) is 1.42. The van der Waals surface area contributed by atoms with Crippen LogP contribution in [0.4, 0.5) is 22.0 Å². The van der Waals surface area contributed by atoms with E-state index in [4.69, 9.17) is 10.5 Å². The molecule has 3 atom stereocenters. The van der Waals surface area contributed by atoms with Gasteiger partial charge in [-0.1, -0.05) is 54.6 Å². The maximum absolute atomic E-state index is 12.0. The first-order chi connectivity index (χ1) is 22.9. The first-order valence-corrected chi connectivity index (χ1v) is 16.4. The van der Waals surface area contributed by atoms with Crippen LogP contribution in [0.25, 0.3) is 11.3 Å². The van der Waals surface area contributed by atoms with E-state index in [9.17, 15) is 15.0 Å². The van der Waals surface area contributed by atoms with E-state index in [2.05, 4.69) is 49.2 Å². The number of ether oxygens (including phenoxy) is 1. The average Bonchev–Trinajstić information content (AvgIpc) is 3.34. The number of aromatic nitrogens is 2. The summed E-state index contributed by atoms with van der Waals surface area (Å²) in [4.78, 5) is 20.7. The van der Waals surface area contributed by atoms with Crippen LogP contribution < -0.4 is 20.3 Å². The number of aromatic hydroxyl groups is 1. The average molecular weight is 636 g/mol. The predicted octanol–water partition coefficient (Wildman–Crippen LogP) is 4.57. The zero-order chi connectivity index (χ0) is 32.3. The number of hydrogen-bond acceptors (Lipinski definition) is 9. The fourth-order valence-electron chi connectivity index (χ4n) is 7.47. The van der Waals surface area contributed by atoms with E-state index >= 15 is 0 Å². The highest BCUT2D eigenvalue weighted by atomic mass is 16.5. The molecule has 3 fully saturated rings. The van der Waals surface area contributed by atoms with Gasteiger partial charge in [-0.15, -0.1) is 10.2 Å². The van der Waals surface area contributed by atoms with Gasteiger partial charge in [0.15, 0.2) is 5.82 Å². The number of carbonyl (C=O) groups is 1. The highest BCUT2D eigenvalue weighted by Crippen LogP contribution is 2.42. The molecule has 7 rings (SSSR count). The molecule has 11 nitrogen and oxygen atoms in total. The van der Waals surface area contributed by atoms with E-state index in [-0.39, 0.29) is 23.9 Å². The van der Waals surface area contributed by atoms with Crippen LogP contribution in [0, 0.1) is 0 Å². The molecule has 3 unspecified atom stereocenters. The Hall–Kier alpha value is -5.03. The zero-order valence-electron chi connectivity index (χ0n) is 26.4. The molecular formula is C36H41N7O4. The van der Waals surface area contributed by atoms with Gasteiger partial charge in [0.05, 0.1) is 23.1 Å². The van der Waals surface area contributed by atoms with Crippen LogP contribution in [0.1, 0.15) is 18.4 Å². The van der Waals surface area contributed by atoms with E-state index in [0.717, 1.165) is 55.2 Å². The molecule has 4 aromatic rings. The Bertz CT molecular complexity index is 1690.